The Hall–Kier alpha value is -3.62. The Morgan fingerprint density at radius 2 is 1.75 bits per heavy atom. The van der Waals surface area contributed by atoms with Gasteiger partial charge in [-0.3, -0.25) is 9.69 Å². The second kappa shape index (κ2) is 12.3. The van der Waals surface area contributed by atoms with E-state index in [2.05, 4.69) is 15.4 Å². The first kappa shape index (κ1) is 27.9. The van der Waals surface area contributed by atoms with Gasteiger partial charge in [0.1, 0.15) is 18.1 Å². The van der Waals surface area contributed by atoms with Crippen molar-refractivity contribution in [2.24, 2.45) is 5.10 Å². The Kier molecular flexibility index (Phi) is 8.57. The fourth-order valence-corrected chi connectivity index (χ4v) is 5.19. The third-order valence-corrected chi connectivity index (χ3v) is 7.78. The molecule has 3 N–H and O–H groups in total. The lowest BCUT2D eigenvalue weighted by Gasteiger charge is -2.38. The lowest BCUT2D eigenvalue weighted by Crippen LogP contribution is -2.43. The van der Waals surface area contributed by atoms with Crippen molar-refractivity contribution in [3.63, 3.8) is 0 Å². The molecule has 1 aliphatic heterocycles. The van der Waals surface area contributed by atoms with Gasteiger partial charge in [-0.2, -0.15) is 5.10 Å². The van der Waals surface area contributed by atoms with Crippen LogP contribution in [0.25, 0.3) is 10.8 Å². The average Bonchev–Trinajstić information content (AvgIpc) is 2.96. The number of aliphatic hydroxyl groups is 1. The monoisotopic (exact) mass is 579 g/mol. The molecule has 208 valence electrons. The Bertz CT molecular complexity index is 1540. The number of hydrogen-bond acceptors (Lipinski definition) is 6. The van der Waals surface area contributed by atoms with Crippen LogP contribution in [0.15, 0.2) is 84.0 Å². The SMILES string of the molecule is O=C(N/N=C/c1ccc(OCCN2CCC(O)(c3ccc(Cl)cc3)CC2)c2ccccc12)c1ccc(O)c(Cl)c1.[HH]. The summed E-state index contributed by atoms with van der Waals surface area (Å²) in [4.78, 5) is 14.7. The molecule has 40 heavy (non-hydrogen) atoms. The normalized spacial score (nSPS) is 15.4. The molecular formula is C31H31Cl2N3O4. The first-order chi connectivity index (χ1) is 19.3. The molecule has 1 saturated heterocycles. The number of phenolic OH excluding ortho intramolecular Hbond substituents is 1. The Morgan fingerprint density at radius 1 is 1.02 bits per heavy atom. The predicted molar refractivity (Wildman–Crippen MR) is 161 cm³/mol. The molecule has 1 amide bonds. The maximum Gasteiger partial charge on any atom is 0.271 e. The topological polar surface area (TPSA) is 94.4 Å². The van der Waals surface area contributed by atoms with Gasteiger partial charge in [0.2, 0.25) is 0 Å². The number of fused-ring (bicyclic) bond motifs is 1. The molecule has 0 aromatic heterocycles. The fraction of sp³-hybridized carbons (Fsp3) is 0.226. The molecule has 0 saturated carbocycles. The molecule has 4 aromatic rings. The van der Waals surface area contributed by atoms with Gasteiger partial charge in [0.05, 0.1) is 16.8 Å². The maximum atomic E-state index is 12.4. The van der Waals surface area contributed by atoms with E-state index in [0.717, 1.165) is 47.3 Å². The van der Waals surface area contributed by atoms with Crippen LogP contribution in [0.4, 0.5) is 0 Å². The van der Waals surface area contributed by atoms with Crippen LogP contribution >= 0.6 is 23.2 Å². The van der Waals surface area contributed by atoms with Gasteiger partial charge < -0.3 is 14.9 Å². The number of halogens is 2. The molecule has 0 spiro atoms. The van der Waals surface area contributed by atoms with E-state index < -0.39 is 11.5 Å². The number of hydrazone groups is 1. The van der Waals surface area contributed by atoms with Crippen molar-refractivity contribution in [1.29, 1.82) is 0 Å². The second-order valence-electron chi connectivity index (χ2n) is 9.79. The fourth-order valence-electron chi connectivity index (χ4n) is 4.89. The summed E-state index contributed by atoms with van der Waals surface area (Å²) in [6, 6.07) is 23.3. The standard InChI is InChI=1S/C31H29Cl2N3O4.H2/c32-24-9-7-23(8-10-24)31(39)13-15-36(16-14-31)17-18-40-29-12-6-22(25-3-1-2-4-26(25)29)20-34-35-30(38)21-5-11-28(37)27(33)19-21;/h1-12,19-20,37,39H,13-18H2,(H,35,38);1H/b34-20+;. The summed E-state index contributed by atoms with van der Waals surface area (Å²) in [7, 11) is 0. The van der Waals surface area contributed by atoms with Crippen LogP contribution in [-0.4, -0.2) is 53.5 Å². The number of carbonyl (C=O) groups excluding carboxylic acids is 1. The van der Waals surface area contributed by atoms with Gasteiger partial charge in [-0.15, -0.1) is 0 Å². The molecule has 5 rings (SSSR count). The average molecular weight is 581 g/mol. The highest BCUT2D eigenvalue weighted by Crippen LogP contribution is 2.33. The van der Waals surface area contributed by atoms with Crippen LogP contribution in [0.3, 0.4) is 0 Å². The molecule has 1 aliphatic rings. The summed E-state index contributed by atoms with van der Waals surface area (Å²) in [6.45, 7) is 2.82. The molecule has 0 atom stereocenters. The molecule has 0 aliphatic carbocycles. The number of aromatic hydroxyl groups is 1. The minimum absolute atomic E-state index is 0. The van der Waals surface area contributed by atoms with Crippen LogP contribution in [0.1, 0.15) is 35.8 Å². The first-order valence-electron chi connectivity index (χ1n) is 13.0. The van der Waals surface area contributed by atoms with Gasteiger partial charge in [0.15, 0.2) is 0 Å². The number of benzene rings is 4. The third kappa shape index (κ3) is 6.40. The van der Waals surface area contributed by atoms with Crippen molar-refractivity contribution in [2.45, 2.75) is 18.4 Å². The third-order valence-electron chi connectivity index (χ3n) is 7.23. The van der Waals surface area contributed by atoms with Crippen LogP contribution in [0, 0.1) is 0 Å². The Labute approximate surface area is 244 Å². The van der Waals surface area contributed by atoms with Gasteiger partial charge in [-0.1, -0.05) is 59.6 Å². The van der Waals surface area contributed by atoms with E-state index in [0.29, 0.717) is 24.5 Å². The second-order valence-corrected chi connectivity index (χ2v) is 10.6. The van der Waals surface area contributed by atoms with Crippen molar-refractivity contribution in [3.05, 3.63) is 106 Å². The van der Waals surface area contributed by atoms with Crippen LogP contribution in [-0.2, 0) is 5.60 Å². The molecule has 9 heteroatoms. The minimum Gasteiger partial charge on any atom is -0.506 e. The van der Waals surface area contributed by atoms with E-state index in [9.17, 15) is 15.0 Å². The van der Waals surface area contributed by atoms with Crippen molar-refractivity contribution < 1.29 is 21.2 Å². The van der Waals surface area contributed by atoms with Gasteiger partial charge in [0.25, 0.3) is 5.91 Å². The van der Waals surface area contributed by atoms with E-state index in [1.165, 1.54) is 18.2 Å². The minimum atomic E-state index is -0.827. The largest absolute Gasteiger partial charge is 0.506 e. The predicted octanol–water partition coefficient (Wildman–Crippen LogP) is 6.22. The van der Waals surface area contributed by atoms with Gasteiger partial charge in [-0.25, -0.2) is 5.43 Å². The molecular weight excluding hydrogens is 549 g/mol. The lowest BCUT2D eigenvalue weighted by molar-refractivity contribution is -0.0277. The number of hydrogen-bond donors (Lipinski definition) is 3. The number of ether oxygens (including phenoxy) is 1. The number of amides is 1. The highest BCUT2D eigenvalue weighted by molar-refractivity contribution is 6.32. The zero-order chi connectivity index (χ0) is 28.1. The highest BCUT2D eigenvalue weighted by atomic mass is 35.5. The van der Waals surface area contributed by atoms with Crippen molar-refractivity contribution in [2.75, 3.05) is 26.2 Å². The van der Waals surface area contributed by atoms with Gasteiger partial charge in [-0.05, 0) is 66.3 Å². The lowest BCUT2D eigenvalue weighted by atomic mass is 9.84. The molecule has 0 bridgehead atoms. The van der Waals surface area contributed by atoms with E-state index >= 15 is 0 Å². The van der Waals surface area contributed by atoms with Crippen LogP contribution < -0.4 is 10.2 Å². The number of rotatable bonds is 8. The quantitative estimate of drug-likeness (QED) is 0.170. The molecule has 4 aromatic carbocycles. The summed E-state index contributed by atoms with van der Waals surface area (Å²) >= 11 is 11.9. The van der Waals surface area contributed by atoms with E-state index in [4.69, 9.17) is 27.9 Å². The van der Waals surface area contributed by atoms with Crippen LogP contribution in [0.2, 0.25) is 10.0 Å². The summed E-state index contributed by atoms with van der Waals surface area (Å²) in [5, 5.41) is 27.4. The molecule has 1 fully saturated rings. The van der Waals surface area contributed by atoms with E-state index in [1.807, 2.05) is 60.7 Å². The number of likely N-dealkylation sites (tertiary alicyclic amines) is 1. The number of carbonyl (C=O) groups is 1. The zero-order valence-electron chi connectivity index (χ0n) is 21.7. The zero-order valence-corrected chi connectivity index (χ0v) is 23.2. The molecule has 7 nitrogen and oxygen atoms in total. The Morgan fingerprint density at radius 3 is 2.48 bits per heavy atom. The van der Waals surface area contributed by atoms with Crippen molar-refractivity contribution in [3.8, 4) is 11.5 Å². The summed E-state index contributed by atoms with van der Waals surface area (Å²) < 4.78 is 6.18. The van der Waals surface area contributed by atoms with Crippen molar-refractivity contribution >= 4 is 46.1 Å². The van der Waals surface area contributed by atoms with Crippen molar-refractivity contribution in [1.82, 2.24) is 10.3 Å². The van der Waals surface area contributed by atoms with Gasteiger partial charge in [0, 0.05) is 42.6 Å². The van der Waals surface area contributed by atoms with Crippen LogP contribution in [0.5, 0.6) is 11.5 Å². The summed E-state index contributed by atoms with van der Waals surface area (Å²) in [6.07, 6.45) is 2.89. The number of piperidine rings is 1. The molecule has 0 radical (unpaired) electrons. The highest BCUT2D eigenvalue weighted by Gasteiger charge is 2.33. The van der Waals surface area contributed by atoms with Gasteiger partial charge >= 0.3 is 0 Å². The maximum absolute atomic E-state index is 12.4. The number of phenols is 1. The summed E-state index contributed by atoms with van der Waals surface area (Å²) in [5.74, 6) is 0.240. The summed E-state index contributed by atoms with van der Waals surface area (Å²) in [5.41, 5.74) is 3.69. The molecule has 0 unspecified atom stereocenters. The molecule has 1 heterocycles. The van der Waals surface area contributed by atoms with E-state index in [-0.39, 0.29) is 17.8 Å². The Balaban J connectivity index is 0.00000387. The number of nitrogens with zero attached hydrogens (tertiary/aromatic N) is 2. The first-order valence-corrected chi connectivity index (χ1v) is 13.8. The van der Waals surface area contributed by atoms with E-state index in [1.54, 1.807) is 6.21 Å². The number of nitrogens with one attached hydrogen (secondary N) is 1. The smallest absolute Gasteiger partial charge is 0.271 e.